The highest BCUT2D eigenvalue weighted by Gasteiger charge is 2.28. The third-order valence-electron chi connectivity index (χ3n) is 2.24. The fraction of sp³-hybridized carbons (Fsp3) is 0.200. The summed E-state index contributed by atoms with van der Waals surface area (Å²) in [5, 5.41) is 8.67. The molecule has 16 heavy (non-hydrogen) atoms. The van der Waals surface area contributed by atoms with Crippen molar-refractivity contribution in [2.75, 3.05) is 17.2 Å². The van der Waals surface area contributed by atoms with E-state index in [1.807, 2.05) is 6.07 Å². The van der Waals surface area contributed by atoms with Gasteiger partial charge in [0, 0.05) is 4.47 Å². The molecule has 1 unspecified atom stereocenters. The van der Waals surface area contributed by atoms with Gasteiger partial charge in [-0.05, 0) is 18.2 Å². The van der Waals surface area contributed by atoms with Crippen molar-refractivity contribution in [2.24, 2.45) is 0 Å². The fourth-order valence-corrected chi connectivity index (χ4v) is 3.05. The number of fused-ring (bicyclic) bond motifs is 1. The van der Waals surface area contributed by atoms with Crippen LogP contribution in [-0.2, 0) is 15.6 Å². The Morgan fingerprint density at radius 2 is 2.31 bits per heavy atom. The van der Waals surface area contributed by atoms with Gasteiger partial charge in [-0.1, -0.05) is 15.9 Å². The maximum absolute atomic E-state index is 11.7. The highest BCUT2D eigenvalue weighted by Crippen LogP contribution is 2.31. The van der Waals surface area contributed by atoms with Crippen LogP contribution >= 0.6 is 15.9 Å². The van der Waals surface area contributed by atoms with E-state index in [0.29, 0.717) is 10.6 Å². The molecule has 0 saturated carbocycles. The summed E-state index contributed by atoms with van der Waals surface area (Å²) in [6.07, 6.45) is 0. The van der Waals surface area contributed by atoms with Crippen molar-refractivity contribution in [3.63, 3.8) is 0 Å². The first-order valence-electron chi connectivity index (χ1n) is 4.48. The molecule has 0 N–H and O–H groups in total. The summed E-state index contributed by atoms with van der Waals surface area (Å²) in [5.74, 6) is -0.318. The van der Waals surface area contributed by atoms with Gasteiger partial charge in [0.25, 0.3) is 0 Å². The quantitative estimate of drug-likeness (QED) is 0.737. The molecular formula is C10H7BrN2O2S. The molecule has 0 radical (unpaired) electrons. The zero-order valence-corrected chi connectivity index (χ0v) is 10.5. The third kappa shape index (κ3) is 1.88. The van der Waals surface area contributed by atoms with E-state index in [2.05, 4.69) is 15.9 Å². The number of rotatable bonds is 1. The number of nitriles is 1. The molecule has 1 heterocycles. The summed E-state index contributed by atoms with van der Waals surface area (Å²) in [7, 11) is -1.30. The van der Waals surface area contributed by atoms with Crippen LogP contribution in [-0.4, -0.2) is 22.4 Å². The fourth-order valence-electron chi connectivity index (χ4n) is 1.54. The van der Waals surface area contributed by atoms with Crippen LogP contribution < -0.4 is 4.90 Å². The number of hydrogen-bond acceptors (Lipinski definition) is 3. The molecule has 1 amide bonds. The first-order chi connectivity index (χ1) is 7.63. The number of carbonyl (C=O) groups excluding carboxylic acids is 1. The minimum Gasteiger partial charge on any atom is -0.297 e. The summed E-state index contributed by atoms with van der Waals surface area (Å²) in [4.78, 5) is 13.6. The second-order valence-corrected chi connectivity index (χ2v) is 5.58. The van der Waals surface area contributed by atoms with Gasteiger partial charge in [0.2, 0.25) is 5.91 Å². The van der Waals surface area contributed by atoms with Gasteiger partial charge in [-0.2, -0.15) is 5.26 Å². The number of carbonyl (C=O) groups is 1. The summed E-state index contributed by atoms with van der Waals surface area (Å²) < 4.78 is 12.5. The monoisotopic (exact) mass is 298 g/mol. The molecule has 6 heteroatoms. The van der Waals surface area contributed by atoms with Crippen LogP contribution in [0.5, 0.6) is 0 Å². The van der Waals surface area contributed by atoms with Crippen molar-refractivity contribution in [1.29, 1.82) is 5.26 Å². The van der Waals surface area contributed by atoms with Crippen LogP contribution in [0.25, 0.3) is 0 Å². The molecular weight excluding hydrogens is 292 g/mol. The molecule has 0 aromatic heterocycles. The molecule has 1 aliphatic heterocycles. The summed E-state index contributed by atoms with van der Waals surface area (Å²) in [6.45, 7) is -0.0144. The second-order valence-electron chi connectivity index (χ2n) is 3.24. The van der Waals surface area contributed by atoms with Crippen LogP contribution in [0.4, 0.5) is 5.69 Å². The van der Waals surface area contributed by atoms with E-state index < -0.39 is 10.8 Å². The Kier molecular flexibility index (Phi) is 3.08. The second kappa shape index (κ2) is 4.36. The van der Waals surface area contributed by atoms with Crippen LogP contribution in [0.2, 0.25) is 0 Å². The number of anilines is 1. The van der Waals surface area contributed by atoms with E-state index in [9.17, 15) is 9.00 Å². The van der Waals surface area contributed by atoms with Crippen LogP contribution in [0.3, 0.4) is 0 Å². The molecule has 2 rings (SSSR count). The van der Waals surface area contributed by atoms with Crippen LogP contribution in [0, 0.1) is 11.3 Å². The molecule has 82 valence electrons. The normalized spacial score (nSPS) is 19.1. The molecule has 0 aliphatic carbocycles. The van der Waals surface area contributed by atoms with E-state index in [1.54, 1.807) is 18.2 Å². The predicted molar refractivity (Wildman–Crippen MR) is 63.4 cm³/mol. The zero-order chi connectivity index (χ0) is 11.7. The molecule has 0 fully saturated rings. The maximum atomic E-state index is 11.7. The largest absolute Gasteiger partial charge is 0.297 e. The number of nitrogens with zero attached hydrogens (tertiary/aromatic N) is 2. The maximum Gasteiger partial charge on any atom is 0.240 e. The Morgan fingerprint density at radius 3 is 3.00 bits per heavy atom. The van der Waals surface area contributed by atoms with E-state index in [0.717, 1.165) is 4.47 Å². The van der Waals surface area contributed by atoms with Gasteiger partial charge in [0.1, 0.15) is 12.3 Å². The van der Waals surface area contributed by atoms with Crippen LogP contribution in [0.15, 0.2) is 27.6 Å². The minimum atomic E-state index is -1.30. The highest BCUT2D eigenvalue weighted by atomic mass is 79.9. The number of benzene rings is 1. The molecule has 4 nitrogen and oxygen atoms in total. The number of hydrogen-bond donors (Lipinski definition) is 0. The van der Waals surface area contributed by atoms with Gasteiger partial charge in [-0.25, -0.2) is 0 Å². The van der Waals surface area contributed by atoms with E-state index in [1.165, 1.54) is 4.90 Å². The highest BCUT2D eigenvalue weighted by molar-refractivity contribution is 9.10. The summed E-state index contributed by atoms with van der Waals surface area (Å²) in [5.41, 5.74) is 0.561. The lowest BCUT2D eigenvalue weighted by molar-refractivity contribution is -0.116. The van der Waals surface area contributed by atoms with E-state index >= 15 is 0 Å². The first kappa shape index (κ1) is 11.3. The standard InChI is InChI=1S/C10H7BrN2O2S/c11-7-1-2-9-8(5-7)13(4-3-12)10(14)6-16(9)15/h1-2,5H,4,6H2. The molecule has 0 bridgehead atoms. The molecule has 1 aromatic carbocycles. The lowest BCUT2D eigenvalue weighted by Crippen LogP contribution is -2.39. The van der Waals surface area contributed by atoms with Crippen molar-refractivity contribution in [3.05, 3.63) is 22.7 Å². The zero-order valence-electron chi connectivity index (χ0n) is 8.14. The lowest BCUT2D eigenvalue weighted by Gasteiger charge is -2.26. The molecule has 0 saturated heterocycles. The molecule has 0 spiro atoms. The third-order valence-corrected chi connectivity index (χ3v) is 4.08. The van der Waals surface area contributed by atoms with Gasteiger partial charge in [-0.15, -0.1) is 0 Å². The van der Waals surface area contributed by atoms with E-state index in [4.69, 9.17) is 5.26 Å². The average molecular weight is 299 g/mol. The summed E-state index contributed by atoms with van der Waals surface area (Å²) >= 11 is 3.29. The van der Waals surface area contributed by atoms with Crippen molar-refractivity contribution in [2.45, 2.75) is 4.90 Å². The Bertz CT molecular complexity index is 524. The van der Waals surface area contributed by atoms with Gasteiger partial charge in [0.15, 0.2) is 0 Å². The Labute approximate surface area is 103 Å². The number of halogens is 1. The Morgan fingerprint density at radius 1 is 1.56 bits per heavy atom. The SMILES string of the molecule is N#CCN1C(=O)CS(=O)c2ccc(Br)cc21. The van der Waals surface area contributed by atoms with Crippen molar-refractivity contribution < 1.29 is 9.00 Å². The van der Waals surface area contributed by atoms with Crippen LogP contribution in [0.1, 0.15) is 0 Å². The predicted octanol–water partition coefficient (Wildman–Crippen LogP) is 1.43. The van der Waals surface area contributed by atoms with Gasteiger partial charge in [0.05, 0.1) is 27.5 Å². The van der Waals surface area contributed by atoms with Gasteiger partial charge < -0.3 is 0 Å². The lowest BCUT2D eigenvalue weighted by atomic mass is 10.2. The Hall–Kier alpha value is -1.19. The van der Waals surface area contributed by atoms with Crippen molar-refractivity contribution in [1.82, 2.24) is 0 Å². The van der Waals surface area contributed by atoms with Crippen molar-refractivity contribution in [3.8, 4) is 6.07 Å². The molecule has 1 atom stereocenters. The Balaban J connectivity index is 2.57. The topological polar surface area (TPSA) is 61.2 Å². The number of amides is 1. The molecule has 1 aromatic rings. The van der Waals surface area contributed by atoms with Gasteiger partial charge in [-0.3, -0.25) is 13.9 Å². The average Bonchev–Trinajstić information content (AvgIpc) is 2.23. The van der Waals surface area contributed by atoms with Crippen molar-refractivity contribution >= 4 is 38.3 Å². The minimum absolute atomic E-state index is 0.0144. The van der Waals surface area contributed by atoms with Gasteiger partial charge >= 0.3 is 0 Å². The first-order valence-corrected chi connectivity index (χ1v) is 6.60. The smallest absolute Gasteiger partial charge is 0.240 e. The molecule has 1 aliphatic rings. The summed E-state index contributed by atoms with van der Waals surface area (Å²) in [6, 6.07) is 7.13. The van der Waals surface area contributed by atoms with E-state index in [-0.39, 0.29) is 18.2 Å².